The smallest absolute Gasteiger partial charge is 0.282 e. The van der Waals surface area contributed by atoms with Gasteiger partial charge in [0.25, 0.3) is 12.0 Å². The first-order valence-electron chi connectivity index (χ1n) is 12.5. The molecule has 6 nitrogen and oxygen atoms in total. The molecule has 2 aliphatic heterocycles. The number of ether oxygens (including phenoxy) is 2. The summed E-state index contributed by atoms with van der Waals surface area (Å²) in [5.74, 6) is 1.87. The molecule has 0 aromatic heterocycles. The number of aliphatic imine (C=N–C) groups is 2. The van der Waals surface area contributed by atoms with Crippen LogP contribution in [-0.2, 0) is 9.47 Å². The van der Waals surface area contributed by atoms with Gasteiger partial charge < -0.3 is 20.9 Å². The van der Waals surface area contributed by atoms with Crippen LogP contribution in [0.4, 0.5) is 0 Å². The lowest BCUT2D eigenvalue weighted by Crippen LogP contribution is -2.21. The number of hydrogen-bond acceptors (Lipinski definition) is 6. The second kappa shape index (κ2) is 17.1. The lowest BCUT2D eigenvalue weighted by Gasteiger charge is -2.22. The molecule has 0 bridgehead atoms. The van der Waals surface area contributed by atoms with Crippen molar-refractivity contribution in [3.05, 3.63) is 0 Å². The Morgan fingerprint density at radius 1 is 0.606 bits per heavy atom. The van der Waals surface area contributed by atoms with Gasteiger partial charge in [0.05, 0.1) is 12.1 Å². The van der Waals surface area contributed by atoms with E-state index >= 15 is 0 Å². The van der Waals surface area contributed by atoms with Crippen molar-refractivity contribution in [1.29, 1.82) is 0 Å². The van der Waals surface area contributed by atoms with E-state index < -0.39 is 0 Å². The summed E-state index contributed by atoms with van der Waals surface area (Å²) in [5, 5.41) is 0. The van der Waals surface area contributed by atoms with Crippen molar-refractivity contribution in [1.82, 2.24) is 0 Å². The standard InChI is InChI=1S/2C12H22N2O.3H2S/c2*1-9-11(14-12(13)15-9)8-7-10-5-3-2-4-6-10;;;/h2*9-11H,2-8H2,1H3,(H2,13,14);3*1H2/t9-,11+;9-,11-;;;/m10.../s1. The van der Waals surface area contributed by atoms with Crippen LogP contribution in [0, 0.1) is 11.8 Å². The van der Waals surface area contributed by atoms with E-state index in [2.05, 4.69) is 23.8 Å². The van der Waals surface area contributed by atoms with Gasteiger partial charge in [0.2, 0.25) is 0 Å². The Bertz CT molecular complexity index is 532. The van der Waals surface area contributed by atoms with E-state index in [0.717, 1.165) is 24.7 Å². The maximum atomic E-state index is 5.55. The van der Waals surface area contributed by atoms with Crippen molar-refractivity contribution >= 4 is 52.5 Å². The first kappa shape index (κ1) is 32.6. The third-order valence-corrected chi connectivity index (χ3v) is 7.47. The van der Waals surface area contributed by atoms with Gasteiger partial charge in [-0.3, -0.25) is 0 Å². The predicted molar refractivity (Wildman–Crippen MR) is 155 cm³/mol. The highest BCUT2D eigenvalue weighted by atomic mass is 32.1. The van der Waals surface area contributed by atoms with E-state index in [0.29, 0.717) is 24.1 Å². The van der Waals surface area contributed by atoms with Crippen LogP contribution in [0.25, 0.3) is 0 Å². The van der Waals surface area contributed by atoms with Crippen LogP contribution in [0.3, 0.4) is 0 Å². The van der Waals surface area contributed by atoms with Crippen molar-refractivity contribution in [2.75, 3.05) is 0 Å². The summed E-state index contributed by atoms with van der Waals surface area (Å²) in [6.07, 6.45) is 19.5. The minimum absolute atomic E-state index is 0. The number of amidine groups is 2. The van der Waals surface area contributed by atoms with Crippen LogP contribution < -0.4 is 11.5 Å². The average molecular weight is 523 g/mol. The Morgan fingerprint density at radius 2 is 0.939 bits per heavy atom. The fraction of sp³-hybridized carbons (Fsp3) is 0.917. The molecular weight excluding hydrogens is 472 g/mol. The molecule has 0 spiro atoms. The van der Waals surface area contributed by atoms with Crippen LogP contribution in [0.5, 0.6) is 0 Å². The highest BCUT2D eigenvalue weighted by Gasteiger charge is 2.27. The first-order valence-corrected chi connectivity index (χ1v) is 12.5. The molecule has 196 valence electrons. The molecule has 0 radical (unpaired) electrons. The molecule has 4 N–H and O–H groups in total. The third-order valence-electron chi connectivity index (χ3n) is 7.47. The SMILES string of the molecule is C[C@@H]1OC(N)=N[C@H]1CCC1CCCCC1.C[C@H]1OC(N)=N[C@H]1CCC1CCCCC1.S.S.S. The molecule has 0 saturated heterocycles. The maximum Gasteiger partial charge on any atom is 0.282 e. The van der Waals surface area contributed by atoms with E-state index in [1.165, 1.54) is 77.0 Å². The Kier molecular flexibility index (Phi) is 16.9. The second-order valence-electron chi connectivity index (χ2n) is 9.88. The van der Waals surface area contributed by atoms with Gasteiger partial charge in [-0.05, 0) is 51.4 Å². The van der Waals surface area contributed by atoms with Crippen molar-refractivity contribution in [3.8, 4) is 0 Å². The average Bonchev–Trinajstić information content (AvgIpc) is 3.25. The highest BCUT2D eigenvalue weighted by molar-refractivity contribution is 7.59. The topological polar surface area (TPSA) is 95.2 Å². The predicted octanol–water partition coefficient (Wildman–Crippen LogP) is 5.24. The molecule has 9 heteroatoms. The number of hydrogen-bond donors (Lipinski definition) is 2. The summed E-state index contributed by atoms with van der Waals surface area (Å²) in [7, 11) is 0. The molecule has 4 rings (SSSR count). The molecule has 2 saturated carbocycles. The van der Waals surface area contributed by atoms with Gasteiger partial charge in [0.15, 0.2) is 0 Å². The first-order chi connectivity index (χ1) is 14.5. The fourth-order valence-electron chi connectivity index (χ4n) is 5.50. The van der Waals surface area contributed by atoms with Crippen LogP contribution in [0.2, 0.25) is 0 Å². The second-order valence-corrected chi connectivity index (χ2v) is 9.88. The third kappa shape index (κ3) is 11.2. The molecule has 2 aliphatic carbocycles. The molecular formula is C24H50N4O2S3. The van der Waals surface area contributed by atoms with Crippen LogP contribution in [0.15, 0.2) is 9.98 Å². The molecule has 33 heavy (non-hydrogen) atoms. The largest absolute Gasteiger partial charge is 0.460 e. The van der Waals surface area contributed by atoms with Gasteiger partial charge in [0, 0.05) is 0 Å². The highest BCUT2D eigenvalue weighted by Crippen LogP contribution is 2.30. The van der Waals surface area contributed by atoms with Gasteiger partial charge in [-0.15, -0.1) is 0 Å². The number of nitrogens with two attached hydrogens (primary N) is 2. The van der Waals surface area contributed by atoms with Crippen molar-refractivity contribution in [3.63, 3.8) is 0 Å². The van der Waals surface area contributed by atoms with E-state index in [1.807, 2.05) is 0 Å². The lowest BCUT2D eigenvalue weighted by atomic mass is 9.85. The Balaban J connectivity index is 0.000000569. The Morgan fingerprint density at radius 3 is 1.21 bits per heavy atom. The summed E-state index contributed by atoms with van der Waals surface area (Å²) >= 11 is 0. The van der Waals surface area contributed by atoms with Gasteiger partial charge in [-0.1, -0.05) is 64.2 Å². The van der Waals surface area contributed by atoms with Crippen molar-refractivity contribution < 1.29 is 9.47 Å². The van der Waals surface area contributed by atoms with E-state index in [1.54, 1.807) is 0 Å². The zero-order valence-electron chi connectivity index (χ0n) is 20.7. The van der Waals surface area contributed by atoms with Crippen molar-refractivity contribution in [2.24, 2.45) is 33.3 Å². The van der Waals surface area contributed by atoms with Crippen LogP contribution >= 0.6 is 40.5 Å². The summed E-state index contributed by atoms with van der Waals surface area (Å²) in [6.45, 7) is 4.13. The van der Waals surface area contributed by atoms with E-state index in [-0.39, 0.29) is 52.7 Å². The van der Waals surface area contributed by atoms with Gasteiger partial charge in [0.1, 0.15) is 12.2 Å². The summed E-state index contributed by atoms with van der Waals surface area (Å²) < 4.78 is 10.7. The summed E-state index contributed by atoms with van der Waals surface area (Å²) in [6, 6.07) is 1.39. The molecule has 0 aromatic carbocycles. The Labute approximate surface area is 222 Å². The van der Waals surface area contributed by atoms with Crippen LogP contribution in [-0.4, -0.2) is 36.3 Å². The van der Waals surface area contributed by atoms with Gasteiger partial charge in [-0.25, -0.2) is 9.98 Å². The minimum Gasteiger partial charge on any atom is -0.460 e. The zero-order valence-corrected chi connectivity index (χ0v) is 23.7. The van der Waals surface area contributed by atoms with Gasteiger partial charge >= 0.3 is 0 Å². The van der Waals surface area contributed by atoms with Crippen LogP contribution in [0.1, 0.15) is 104 Å². The fourth-order valence-corrected chi connectivity index (χ4v) is 5.50. The normalized spacial score (nSPS) is 29.5. The molecule has 0 aromatic rings. The molecule has 2 heterocycles. The molecule has 4 atom stereocenters. The molecule has 4 aliphatic rings. The van der Waals surface area contributed by atoms with E-state index in [4.69, 9.17) is 20.9 Å². The number of nitrogens with zero attached hydrogens (tertiary/aromatic N) is 2. The molecule has 0 unspecified atom stereocenters. The zero-order chi connectivity index (χ0) is 21.3. The molecule has 0 amide bonds. The van der Waals surface area contributed by atoms with Crippen molar-refractivity contribution in [2.45, 2.75) is 128 Å². The minimum atomic E-state index is 0. The quantitative estimate of drug-likeness (QED) is 0.499. The maximum absolute atomic E-state index is 5.55. The monoisotopic (exact) mass is 522 g/mol. The van der Waals surface area contributed by atoms with Gasteiger partial charge in [-0.2, -0.15) is 40.5 Å². The number of rotatable bonds is 6. The van der Waals surface area contributed by atoms with E-state index in [9.17, 15) is 0 Å². The molecule has 2 fully saturated rings. The summed E-state index contributed by atoms with van der Waals surface area (Å²) in [5.41, 5.74) is 11.1. The Hall–Kier alpha value is -0.410. The lowest BCUT2D eigenvalue weighted by molar-refractivity contribution is 0.197. The summed E-state index contributed by atoms with van der Waals surface area (Å²) in [4.78, 5) is 8.65.